The zero-order chi connectivity index (χ0) is 14.0. The SMILES string of the molecule is CCC(C(=O)O)C(=O)c1c(F)cc(Cl)c(F)c1Cl. The number of hydrogen-bond acceptors (Lipinski definition) is 2. The van der Waals surface area contributed by atoms with Crippen LogP contribution in [0.3, 0.4) is 0 Å². The van der Waals surface area contributed by atoms with Crippen LogP contribution in [0.2, 0.25) is 10.0 Å². The minimum absolute atomic E-state index is 0.0613. The van der Waals surface area contributed by atoms with Gasteiger partial charge in [0.2, 0.25) is 0 Å². The first kappa shape index (κ1) is 14.9. The van der Waals surface area contributed by atoms with Crippen LogP contribution in [0.4, 0.5) is 8.78 Å². The molecule has 0 aliphatic rings. The Morgan fingerprint density at radius 1 is 1.39 bits per heavy atom. The lowest BCUT2D eigenvalue weighted by atomic mass is 9.95. The van der Waals surface area contributed by atoms with Crippen LogP contribution in [-0.4, -0.2) is 16.9 Å². The molecule has 0 bridgehead atoms. The lowest BCUT2D eigenvalue weighted by Crippen LogP contribution is -2.24. The molecular formula is C11H8Cl2F2O3. The van der Waals surface area contributed by atoms with Gasteiger partial charge in [0.15, 0.2) is 11.6 Å². The van der Waals surface area contributed by atoms with Crippen molar-refractivity contribution in [2.75, 3.05) is 0 Å². The van der Waals surface area contributed by atoms with E-state index in [1.54, 1.807) is 0 Å². The van der Waals surface area contributed by atoms with Crippen LogP contribution in [0, 0.1) is 17.6 Å². The largest absolute Gasteiger partial charge is 0.481 e. The van der Waals surface area contributed by atoms with E-state index in [1.807, 2.05) is 0 Å². The fourth-order valence-electron chi connectivity index (χ4n) is 1.44. The van der Waals surface area contributed by atoms with E-state index in [2.05, 4.69) is 0 Å². The van der Waals surface area contributed by atoms with Gasteiger partial charge >= 0.3 is 5.97 Å². The third kappa shape index (κ3) is 2.62. The molecule has 98 valence electrons. The Bertz CT molecular complexity index is 518. The maximum absolute atomic E-state index is 13.6. The van der Waals surface area contributed by atoms with Gasteiger partial charge in [-0.05, 0) is 12.5 Å². The molecule has 1 unspecified atom stereocenters. The zero-order valence-corrected chi connectivity index (χ0v) is 10.6. The van der Waals surface area contributed by atoms with E-state index in [4.69, 9.17) is 28.3 Å². The summed E-state index contributed by atoms with van der Waals surface area (Å²) in [5.41, 5.74) is -0.784. The summed E-state index contributed by atoms with van der Waals surface area (Å²) in [7, 11) is 0. The van der Waals surface area contributed by atoms with Crippen molar-refractivity contribution in [3.8, 4) is 0 Å². The molecule has 0 saturated heterocycles. The predicted octanol–water partition coefficient (Wildman–Crippen LogP) is 3.57. The van der Waals surface area contributed by atoms with E-state index in [0.29, 0.717) is 6.07 Å². The highest BCUT2D eigenvalue weighted by molar-refractivity contribution is 6.37. The molecule has 0 fully saturated rings. The number of Topliss-reactive ketones (excluding diaryl/α,β-unsaturated/α-hetero) is 1. The molecule has 3 nitrogen and oxygen atoms in total. The Balaban J connectivity index is 3.38. The van der Waals surface area contributed by atoms with Gasteiger partial charge in [0.1, 0.15) is 11.7 Å². The highest BCUT2D eigenvalue weighted by atomic mass is 35.5. The van der Waals surface area contributed by atoms with E-state index in [1.165, 1.54) is 6.92 Å². The van der Waals surface area contributed by atoms with Crippen LogP contribution in [0.25, 0.3) is 0 Å². The first-order valence-electron chi connectivity index (χ1n) is 4.91. The number of carbonyl (C=O) groups is 2. The van der Waals surface area contributed by atoms with Crippen LogP contribution in [0.5, 0.6) is 0 Å². The standard InChI is InChI=1S/C11H8Cl2F2O3/c1-2-4(11(17)18)10(16)7-6(14)3-5(12)9(15)8(7)13/h3-4H,2H2,1H3,(H,17,18). The second kappa shape index (κ2) is 5.63. The van der Waals surface area contributed by atoms with Crippen molar-refractivity contribution in [2.45, 2.75) is 13.3 Å². The number of carbonyl (C=O) groups excluding carboxylic acids is 1. The Kier molecular flexibility index (Phi) is 4.65. The quantitative estimate of drug-likeness (QED) is 0.400. The van der Waals surface area contributed by atoms with Gasteiger partial charge in [-0.15, -0.1) is 0 Å². The summed E-state index contributed by atoms with van der Waals surface area (Å²) in [6.45, 7) is 1.44. The van der Waals surface area contributed by atoms with Gasteiger partial charge in [0.05, 0.1) is 15.6 Å². The molecule has 0 radical (unpaired) electrons. The van der Waals surface area contributed by atoms with Crippen LogP contribution < -0.4 is 0 Å². The molecule has 0 aliphatic heterocycles. The van der Waals surface area contributed by atoms with Crippen LogP contribution in [-0.2, 0) is 4.79 Å². The molecule has 7 heteroatoms. The number of rotatable bonds is 4. The maximum Gasteiger partial charge on any atom is 0.314 e. The first-order chi connectivity index (χ1) is 8.31. The minimum Gasteiger partial charge on any atom is -0.481 e. The molecule has 0 heterocycles. The lowest BCUT2D eigenvalue weighted by molar-refractivity contribution is -0.140. The van der Waals surface area contributed by atoms with Crippen molar-refractivity contribution >= 4 is 35.0 Å². The molecule has 1 atom stereocenters. The average Bonchev–Trinajstić information content (AvgIpc) is 2.26. The van der Waals surface area contributed by atoms with Crippen molar-refractivity contribution in [2.24, 2.45) is 5.92 Å². The first-order valence-corrected chi connectivity index (χ1v) is 5.66. The van der Waals surface area contributed by atoms with Gasteiger partial charge in [0.25, 0.3) is 0 Å². The number of halogens is 4. The van der Waals surface area contributed by atoms with E-state index >= 15 is 0 Å². The molecular weight excluding hydrogens is 289 g/mol. The molecule has 0 aliphatic carbocycles. The minimum atomic E-state index is -1.47. The molecule has 1 rings (SSSR count). The Hall–Kier alpha value is -1.20. The van der Waals surface area contributed by atoms with Crippen molar-refractivity contribution < 1.29 is 23.5 Å². The third-order valence-corrected chi connectivity index (χ3v) is 3.01. The number of ketones is 1. The van der Waals surface area contributed by atoms with Gasteiger partial charge in [-0.1, -0.05) is 30.1 Å². The topological polar surface area (TPSA) is 54.4 Å². The number of carboxylic acid groups (broad SMARTS) is 1. The third-order valence-electron chi connectivity index (χ3n) is 2.38. The van der Waals surface area contributed by atoms with E-state index in [9.17, 15) is 18.4 Å². The second-order valence-electron chi connectivity index (χ2n) is 3.51. The molecule has 0 aromatic heterocycles. The number of hydrogen-bond donors (Lipinski definition) is 1. The molecule has 1 aromatic rings. The molecule has 1 aromatic carbocycles. The summed E-state index contributed by atoms with van der Waals surface area (Å²) in [6, 6.07) is 0.588. The fourth-order valence-corrected chi connectivity index (χ4v) is 1.96. The van der Waals surface area contributed by atoms with Crippen LogP contribution in [0.1, 0.15) is 23.7 Å². The maximum atomic E-state index is 13.6. The number of carboxylic acids is 1. The fraction of sp³-hybridized carbons (Fsp3) is 0.273. The highest BCUT2D eigenvalue weighted by Crippen LogP contribution is 2.31. The Morgan fingerprint density at radius 2 is 1.94 bits per heavy atom. The zero-order valence-electron chi connectivity index (χ0n) is 9.14. The molecule has 18 heavy (non-hydrogen) atoms. The molecule has 0 spiro atoms. The van der Waals surface area contributed by atoms with Gasteiger partial charge in [0, 0.05) is 0 Å². The lowest BCUT2D eigenvalue weighted by Gasteiger charge is -2.11. The second-order valence-corrected chi connectivity index (χ2v) is 4.29. The van der Waals surface area contributed by atoms with E-state index in [-0.39, 0.29) is 6.42 Å². The Morgan fingerprint density at radius 3 is 2.39 bits per heavy atom. The normalized spacial score (nSPS) is 12.3. The van der Waals surface area contributed by atoms with E-state index in [0.717, 1.165) is 0 Å². The number of aliphatic carboxylic acids is 1. The molecule has 0 amide bonds. The van der Waals surface area contributed by atoms with Crippen molar-refractivity contribution in [1.29, 1.82) is 0 Å². The van der Waals surface area contributed by atoms with Gasteiger partial charge < -0.3 is 5.11 Å². The monoisotopic (exact) mass is 296 g/mol. The smallest absolute Gasteiger partial charge is 0.314 e. The predicted molar refractivity (Wildman–Crippen MR) is 62.1 cm³/mol. The summed E-state index contributed by atoms with van der Waals surface area (Å²) in [5, 5.41) is 7.43. The number of benzene rings is 1. The van der Waals surface area contributed by atoms with Crippen LogP contribution >= 0.6 is 23.2 Å². The van der Waals surface area contributed by atoms with Gasteiger partial charge in [-0.25, -0.2) is 8.78 Å². The Labute approximate surface area is 111 Å². The van der Waals surface area contributed by atoms with Crippen LogP contribution in [0.15, 0.2) is 6.07 Å². The van der Waals surface area contributed by atoms with Crippen molar-refractivity contribution in [3.63, 3.8) is 0 Å². The van der Waals surface area contributed by atoms with E-state index < -0.39 is 44.9 Å². The molecule has 0 saturated carbocycles. The molecule has 1 N–H and O–H groups in total. The summed E-state index contributed by atoms with van der Waals surface area (Å²) >= 11 is 10.8. The summed E-state index contributed by atoms with van der Waals surface area (Å²) in [5.74, 6) is -6.27. The van der Waals surface area contributed by atoms with Gasteiger partial charge in [-0.2, -0.15) is 0 Å². The van der Waals surface area contributed by atoms with Crippen molar-refractivity contribution in [1.82, 2.24) is 0 Å². The summed E-state index contributed by atoms with van der Waals surface area (Å²) in [6.07, 6.45) is -0.0613. The van der Waals surface area contributed by atoms with Gasteiger partial charge in [-0.3, -0.25) is 9.59 Å². The summed E-state index contributed by atoms with van der Waals surface area (Å²) in [4.78, 5) is 22.6. The average molecular weight is 297 g/mol. The summed E-state index contributed by atoms with van der Waals surface area (Å²) < 4.78 is 26.9. The highest BCUT2D eigenvalue weighted by Gasteiger charge is 2.31. The van der Waals surface area contributed by atoms with Crippen molar-refractivity contribution in [3.05, 3.63) is 33.3 Å².